The van der Waals surface area contributed by atoms with E-state index in [-0.39, 0.29) is 6.67 Å². The molecule has 5 nitrogen and oxygen atoms in total. The highest BCUT2D eigenvalue weighted by molar-refractivity contribution is 7.99. The van der Waals surface area contributed by atoms with E-state index >= 15 is 0 Å². The summed E-state index contributed by atoms with van der Waals surface area (Å²) in [7, 11) is 3.06. The van der Waals surface area contributed by atoms with Gasteiger partial charge in [-0.3, -0.25) is 14.5 Å². The number of alkyl halides is 1. The minimum Gasteiger partial charge on any atom is -0.495 e. The Bertz CT molecular complexity index is 483. The number of benzene rings is 1. The van der Waals surface area contributed by atoms with Gasteiger partial charge in [-0.1, -0.05) is 0 Å². The second kappa shape index (κ2) is 9.23. The van der Waals surface area contributed by atoms with Gasteiger partial charge in [0.15, 0.2) is 0 Å². The Balaban J connectivity index is 2.98. The van der Waals surface area contributed by atoms with E-state index in [1.165, 1.54) is 32.1 Å². The summed E-state index contributed by atoms with van der Waals surface area (Å²) in [6.07, 6.45) is 3.53. The first-order valence-corrected chi connectivity index (χ1v) is 7.37. The summed E-state index contributed by atoms with van der Waals surface area (Å²) in [4.78, 5) is 10.7. The van der Waals surface area contributed by atoms with Crippen molar-refractivity contribution >= 4 is 17.8 Å². The number of hydrogen-bond donors (Lipinski definition) is 0. The fourth-order valence-electron chi connectivity index (χ4n) is 1.66. The van der Waals surface area contributed by atoms with E-state index in [4.69, 9.17) is 9.47 Å². The Hall–Kier alpha value is -1.76. The zero-order valence-corrected chi connectivity index (χ0v) is 12.8. The number of halogens is 1. The van der Waals surface area contributed by atoms with E-state index in [2.05, 4.69) is 0 Å². The molecule has 0 fully saturated rings. The fourth-order valence-corrected chi connectivity index (χ4v) is 2.78. The van der Waals surface area contributed by atoms with Crippen LogP contribution in [0.1, 0.15) is 18.4 Å². The van der Waals surface area contributed by atoms with Crippen molar-refractivity contribution < 1.29 is 18.8 Å². The number of hydrogen-bond acceptors (Lipinski definition) is 5. The number of thioether (sulfide) groups is 1. The first-order chi connectivity index (χ1) is 10.1. The zero-order valence-electron chi connectivity index (χ0n) is 12.0. The van der Waals surface area contributed by atoms with E-state index in [1.54, 1.807) is 12.1 Å². The van der Waals surface area contributed by atoms with Crippen molar-refractivity contribution in [2.75, 3.05) is 26.6 Å². The van der Waals surface area contributed by atoms with Crippen molar-refractivity contribution in [2.45, 2.75) is 17.7 Å². The molecule has 0 aliphatic rings. The molecular formula is C14H18FNO4S. The third kappa shape index (κ3) is 5.63. The molecule has 0 aliphatic carbocycles. The van der Waals surface area contributed by atoms with Crippen LogP contribution in [0.15, 0.2) is 23.2 Å². The Morgan fingerprint density at radius 3 is 2.38 bits per heavy atom. The second-order valence-electron chi connectivity index (χ2n) is 4.10. The summed E-state index contributed by atoms with van der Waals surface area (Å²) in [5, 5.41) is 10.4. The summed E-state index contributed by atoms with van der Waals surface area (Å²) >= 11 is 1.52. The molecule has 1 rings (SSSR count). The van der Waals surface area contributed by atoms with Crippen LogP contribution in [0, 0.1) is 10.1 Å². The molecule has 0 atom stereocenters. The van der Waals surface area contributed by atoms with Gasteiger partial charge in [0.1, 0.15) is 11.5 Å². The zero-order chi connectivity index (χ0) is 15.7. The molecule has 0 saturated heterocycles. The summed E-state index contributed by atoms with van der Waals surface area (Å²) in [6.45, 7) is -0.320. The number of nitro groups is 1. The van der Waals surface area contributed by atoms with Crippen LogP contribution < -0.4 is 9.47 Å². The van der Waals surface area contributed by atoms with Crippen LogP contribution in [0.2, 0.25) is 0 Å². The lowest BCUT2D eigenvalue weighted by Crippen LogP contribution is -1.94. The first kappa shape index (κ1) is 17.3. The first-order valence-electron chi connectivity index (χ1n) is 6.38. The molecule has 1 aromatic rings. The molecule has 0 spiro atoms. The second-order valence-corrected chi connectivity index (χ2v) is 5.21. The molecule has 0 aromatic heterocycles. The molecule has 0 amide bonds. The van der Waals surface area contributed by atoms with E-state index in [1.807, 2.05) is 0 Å². The Kier molecular flexibility index (Phi) is 7.60. The van der Waals surface area contributed by atoms with Crippen LogP contribution in [-0.2, 0) is 0 Å². The molecule has 7 heteroatoms. The Labute approximate surface area is 127 Å². The van der Waals surface area contributed by atoms with Gasteiger partial charge in [0, 0.05) is 6.08 Å². The molecule has 0 radical (unpaired) electrons. The molecule has 0 heterocycles. The van der Waals surface area contributed by atoms with Gasteiger partial charge in [-0.15, -0.1) is 11.8 Å². The predicted molar refractivity (Wildman–Crippen MR) is 81.5 cm³/mol. The van der Waals surface area contributed by atoms with Crippen molar-refractivity contribution in [3.05, 3.63) is 34.0 Å². The third-order valence-electron chi connectivity index (χ3n) is 2.65. The SMILES string of the molecule is COc1cc(/C=C/[N+](=O)[O-])cc(OC)c1SCCCCF. The Morgan fingerprint density at radius 1 is 1.29 bits per heavy atom. The molecule has 116 valence electrons. The average molecular weight is 315 g/mol. The van der Waals surface area contributed by atoms with Crippen LogP contribution in [0.4, 0.5) is 4.39 Å². The topological polar surface area (TPSA) is 61.6 Å². The summed E-state index contributed by atoms with van der Waals surface area (Å²) in [5.74, 6) is 1.92. The quantitative estimate of drug-likeness (QED) is 0.300. The van der Waals surface area contributed by atoms with Crippen LogP contribution in [0.5, 0.6) is 11.5 Å². The molecule has 0 unspecified atom stereocenters. The monoisotopic (exact) mass is 315 g/mol. The van der Waals surface area contributed by atoms with E-state index in [0.29, 0.717) is 23.5 Å². The van der Waals surface area contributed by atoms with Gasteiger partial charge < -0.3 is 9.47 Å². The van der Waals surface area contributed by atoms with Crippen LogP contribution in [0.25, 0.3) is 6.08 Å². The standard InChI is InChI=1S/C14H18FNO4S/c1-19-12-9-11(5-7-16(17)18)10-13(20-2)14(12)21-8-4-3-6-15/h5,7,9-10H,3-4,6,8H2,1-2H3/b7-5+. The highest BCUT2D eigenvalue weighted by Crippen LogP contribution is 2.39. The van der Waals surface area contributed by atoms with Gasteiger partial charge in [-0.05, 0) is 36.3 Å². The summed E-state index contributed by atoms with van der Waals surface area (Å²) < 4.78 is 22.7. The smallest absolute Gasteiger partial charge is 0.235 e. The molecule has 0 saturated carbocycles. The Morgan fingerprint density at radius 2 is 1.90 bits per heavy atom. The maximum absolute atomic E-state index is 12.1. The van der Waals surface area contributed by atoms with E-state index in [0.717, 1.165) is 23.3 Å². The van der Waals surface area contributed by atoms with Crippen LogP contribution in [-0.4, -0.2) is 31.6 Å². The summed E-state index contributed by atoms with van der Waals surface area (Å²) in [5.41, 5.74) is 0.619. The van der Waals surface area contributed by atoms with Gasteiger partial charge in [-0.25, -0.2) is 0 Å². The van der Waals surface area contributed by atoms with Crippen molar-refractivity contribution in [1.82, 2.24) is 0 Å². The minimum absolute atomic E-state index is 0.320. The third-order valence-corrected chi connectivity index (χ3v) is 3.83. The number of ether oxygens (including phenoxy) is 2. The lowest BCUT2D eigenvalue weighted by atomic mass is 10.2. The maximum atomic E-state index is 12.1. The van der Waals surface area contributed by atoms with Crippen molar-refractivity contribution in [2.24, 2.45) is 0 Å². The van der Waals surface area contributed by atoms with Crippen LogP contribution >= 0.6 is 11.8 Å². The number of unbranched alkanes of at least 4 members (excludes halogenated alkanes) is 1. The van der Waals surface area contributed by atoms with Gasteiger partial charge in [0.2, 0.25) is 6.20 Å². The van der Waals surface area contributed by atoms with E-state index < -0.39 is 4.92 Å². The molecule has 1 aromatic carbocycles. The largest absolute Gasteiger partial charge is 0.495 e. The highest BCUT2D eigenvalue weighted by Gasteiger charge is 2.12. The van der Waals surface area contributed by atoms with Crippen molar-refractivity contribution in [1.29, 1.82) is 0 Å². The van der Waals surface area contributed by atoms with Crippen molar-refractivity contribution in [3.8, 4) is 11.5 Å². The fraction of sp³-hybridized carbons (Fsp3) is 0.429. The lowest BCUT2D eigenvalue weighted by Gasteiger charge is -2.13. The minimum atomic E-state index is -0.529. The van der Waals surface area contributed by atoms with E-state index in [9.17, 15) is 14.5 Å². The van der Waals surface area contributed by atoms with Gasteiger partial charge >= 0.3 is 0 Å². The number of rotatable bonds is 9. The predicted octanol–water partition coefficient (Wildman–Crippen LogP) is 3.79. The van der Waals surface area contributed by atoms with Gasteiger partial charge in [0.25, 0.3) is 0 Å². The highest BCUT2D eigenvalue weighted by atomic mass is 32.2. The summed E-state index contributed by atoms with van der Waals surface area (Å²) in [6, 6.07) is 3.42. The molecular weight excluding hydrogens is 297 g/mol. The normalized spacial score (nSPS) is 10.8. The number of nitrogens with zero attached hydrogens (tertiary/aromatic N) is 1. The molecule has 0 bridgehead atoms. The molecule has 21 heavy (non-hydrogen) atoms. The number of methoxy groups -OCH3 is 2. The van der Waals surface area contributed by atoms with Gasteiger partial charge in [0.05, 0.1) is 30.7 Å². The molecule has 0 aliphatic heterocycles. The maximum Gasteiger partial charge on any atom is 0.235 e. The van der Waals surface area contributed by atoms with Gasteiger partial charge in [-0.2, -0.15) is 0 Å². The van der Waals surface area contributed by atoms with Crippen molar-refractivity contribution in [3.63, 3.8) is 0 Å². The average Bonchev–Trinajstić information content (AvgIpc) is 2.49. The lowest BCUT2D eigenvalue weighted by molar-refractivity contribution is -0.400. The molecule has 0 N–H and O–H groups in total. The van der Waals surface area contributed by atoms with Crippen LogP contribution in [0.3, 0.4) is 0 Å².